The maximum Gasteiger partial charge on any atom is 0.126 e. The molecular weight excluding hydrogens is 226 g/mol. The minimum atomic E-state index is -0.604. The normalized spacial score (nSPS) is 12.7. The molecule has 2 aromatic rings. The van der Waals surface area contributed by atoms with Gasteiger partial charge in [0.1, 0.15) is 11.6 Å². The summed E-state index contributed by atoms with van der Waals surface area (Å²) in [6.45, 7) is 2.05. The van der Waals surface area contributed by atoms with Gasteiger partial charge in [0.15, 0.2) is 0 Å². The van der Waals surface area contributed by atoms with Gasteiger partial charge in [-0.05, 0) is 24.6 Å². The first kappa shape index (κ1) is 11.7. The Hall–Kier alpha value is -1.82. The van der Waals surface area contributed by atoms with Crippen LogP contribution in [0.4, 0.5) is 8.78 Å². The minimum Gasteiger partial charge on any atom is -0.323 e. The lowest BCUT2D eigenvalue weighted by atomic mass is 10.2. The van der Waals surface area contributed by atoms with Gasteiger partial charge >= 0.3 is 0 Å². The lowest BCUT2D eigenvalue weighted by Gasteiger charge is -2.01. The standard InChI is InChI=1S/C11H12F2N4/c1-7(14)11-6-17(16-15-11)5-8-2-9(12)4-10(13)3-8/h2-4,6-7H,5,14H2,1H3. The SMILES string of the molecule is CC(N)c1cn(Cc2cc(F)cc(F)c2)nn1. The molecule has 0 radical (unpaired) electrons. The zero-order valence-electron chi connectivity index (χ0n) is 9.27. The molecule has 1 heterocycles. The number of nitrogens with zero attached hydrogens (tertiary/aromatic N) is 3. The van der Waals surface area contributed by atoms with Crippen molar-refractivity contribution in [2.45, 2.75) is 19.5 Å². The van der Waals surface area contributed by atoms with E-state index >= 15 is 0 Å². The highest BCUT2D eigenvalue weighted by molar-refractivity contribution is 5.18. The fraction of sp³-hybridized carbons (Fsp3) is 0.273. The van der Waals surface area contributed by atoms with E-state index in [0.717, 1.165) is 6.07 Å². The van der Waals surface area contributed by atoms with E-state index in [1.807, 2.05) is 0 Å². The average molecular weight is 238 g/mol. The molecule has 0 saturated heterocycles. The highest BCUT2D eigenvalue weighted by Gasteiger charge is 2.06. The van der Waals surface area contributed by atoms with E-state index in [1.165, 1.54) is 16.8 Å². The summed E-state index contributed by atoms with van der Waals surface area (Å²) in [4.78, 5) is 0. The molecule has 90 valence electrons. The maximum absolute atomic E-state index is 13.0. The van der Waals surface area contributed by atoms with Gasteiger partial charge in [-0.1, -0.05) is 5.21 Å². The van der Waals surface area contributed by atoms with Crippen LogP contribution in [-0.4, -0.2) is 15.0 Å². The third-order valence-electron chi connectivity index (χ3n) is 2.29. The van der Waals surface area contributed by atoms with Crippen molar-refractivity contribution in [2.75, 3.05) is 0 Å². The number of nitrogens with two attached hydrogens (primary N) is 1. The summed E-state index contributed by atoms with van der Waals surface area (Å²) in [6.07, 6.45) is 1.66. The van der Waals surface area contributed by atoms with E-state index in [2.05, 4.69) is 10.3 Å². The zero-order chi connectivity index (χ0) is 12.4. The second-order valence-corrected chi connectivity index (χ2v) is 3.91. The number of aromatic nitrogens is 3. The van der Waals surface area contributed by atoms with Crippen LogP contribution in [0.15, 0.2) is 24.4 Å². The van der Waals surface area contributed by atoms with Gasteiger partial charge in [-0.15, -0.1) is 5.10 Å². The quantitative estimate of drug-likeness (QED) is 0.884. The number of rotatable bonds is 3. The summed E-state index contributed by atoms with van der Waals surface area (Å²) in [6, 6.07) is 3.14. The molecule has 1 atom stereocenters. The molecule has 2 N–H and O–H groups in total. The Balaban J connectivity index is 2.19. The van der Waals surface area contributed by atoms with Crippen LogP contribution in [0.1, 0.15) is 24.2 Å². The third kappa shape index (κ3) is 2.85. The molecular formula is C11H12F2N4. The molecule has 0 fully saturated rings. The predicted molar refractivity (Wildman–Crippen MR) is 58.1 cm³/mol. The van der Waals surface area contributed by atoms with E-state index in [9.17, 15) is 8.78 Å². The highest BCUT2D eigenvalue weighted by atomic mass is 19.1. The Morgan fingerprint density at radius 1 is 1.29 bits per heavy atom. The largest absolute Gasteiger partial charge is 0.323 e. The number of hydrogen-bond acceptors (Lipinski definition) is 3. The lowest BCUT2D eigenvalue weighted by Crippen LogP contribution is -2.05. The van der Waals surface area contributed by atoms with E-state index in [1.54, 1.807) is 13.1 Å². The Morgan fingerprint density at radius 2 is 1.94 bits per heavy atom. The Kier molecular flexibility index (Phi) is 3.14. The van der Waals surface area contributed by atoms with Gasteiger partial charge in [0.25, 0.3) is 0 Å². The smallest absolute Gasteiger partial charge is 0.126 e. The van der Waals surface area contributed by atoms with Gasteiger partial charge in [-0.2, -0.15) is 0 Å². The monoisotopic (exact) mass is 238 g/mol. The zero-order valence-corrected chi connectivity index (χ0v) is 9.27. The first-order valence-electron chi connectivity index (χ1n) is 5.15. The number of halogens is 2. The van der Waals surface area contributed by atoms with Crippen LogP contribution in [0.3, 0.4) is 0 Å². The third-order valence-corrected chi connectivity index (χ3v) is 2.29. The van der Waals surface area contributed by atoms with Crippen LogP contribution in [0.2, 0.25) is 0 Å². The molecule has 0 aliphatic heterocycles. The maximum atomic E-state index is 13.0. The van der Waals surface area contributed by atoms with Crippen LogP contribution in [0, 0.1) is 11.6 Å². The summed E-state index contributed by atoms with van der Waals surface area (Å²) in [5.41, 5.74) is 6.76. The van der Waals surface area contributed by atoms with Gasteiger partial charge in [0.2, 0.25) is 0 Å². The second-order valence-electron chi connectivity index (χ2n) is 3.91. The first-order chi connectivity index (χ1) is 8.04. The number of hydrogen-bond donors (Lipinski definition) is 1. The summed E-state index contributed by atoms with van der Waals surface area (Å²) in [7, 11) is 0. The molecule has 1 aromatic carbocycles. The second kappa shape index (κ2) is 4.58. The van der Waals surface area contributed by atoms with E-state index in [0.29, 0.717) is 11.3 Å². The molecule has 0 bridgehead atoms. The van der Waals surface area contributed by atoms with E-state index < -0.39 is 11.6 Å². The van der Waals surface area contributed by atoms with Crippen LogP contribution in [0.5, 0.6) is 0 Å². The van der Waals surface area contributed by atoms with Crippen molar-refractivity contribution in [3.05, 3.63) is 47.3 Å². The Morgan fingerprint density at radius 3 is 2.47 bits per heavy atom. The van der Waals surface area contributed by atoms with E-state index in [-0.39, 0.29) is 12.6 Å². The summed E-state index contributed by atoms with van der Waals surface area (Å²) in [5, 5.41) is 7.69. The summed E-state index contributed by atoms with van der Waals surface area (Å²) in [5.74, 6) is -1.21. The van der Waals surface area contributed by atoms with Crippen LogP contribution < -0.4 is 5.73 Å². The molecule has 1 aromatic heterocycles. The summed E-state index contributed by atoms with van der Waals surface area (Å²) < 4.78 is 27.4. The molecule has 0 spiro atoms. The molecule has 0 saturated carbocycles. The van der Waals surface area contributed by atoms with Gasteiger partial charge in [-0.3, -0.25) is 0 Å². The fourth-order valence-electron chi connectivity index (χ4n) is 1.49. The van der Waals surface area contributed by atoms with Crippen molar-refractivity contribution in [3.63, 3.8) is 0 Å². The molecule has 4 nitrogen and oxygen atoms in total. The molecule has 0 amide bonds. The van der Waals surface area contributed by atoms with Crippen molar-refractivity contribution in [3.8, 4) is 0 Å². The molecule has 0 aliphatic carbocycles. The van der Waals surface area contributed by atoms with Crippen molar-refractivity contribution in [2.24, 2.45) is 5.73 Å². The first-order valence-corrected chi connectivity index (χ1v) is 5.15. The molecule has 1 unspecified atom stereocenters. The van der Waals surface area contributed by atoms with Crippen LogP contribution in [0.25, 0.3) is 0 Å². The minimum absolute atomic E-state index is 0.215. The van der Waals surface area contributed by atoms with Gasteiger partial charge < -0.3 is 5.73 Å². The van der Waals surface area contributed by atoms with E-state index in [4.69, 9.17) is 5.73 Å². The molecule has 17 heavy (non-hydrogen) atoms. The van der Waals surface area contributed by atoms with Gasteiger partial charge in [0.05, 0.1) is 18.4 Å². The Labute approximate surface area is 97.0 Å². The van der Waals surface area contributed by atoms with Crippen molar-refractivity contribution in [1.82, 2.24) is 15.0 Å². The highest BCUT2D eigenvalue weighted by Crippen LogP contribution is 2.10. The molecule has 6 heteroatoms. The van der Waals surface area contributed by atoms with Gasteiger partial charge in [-0.25, -0.2) is 13.5 Å². The predicted octanol–water partition coefficient (Wildman–Crippen LogP) is 1.62. The average Bonchev–Trinajstić information content (AvgIpc) is 2.64. The van der Waals surface area contributed by atoms with Crippen LogP contribution in [-0.2, 0) is 6.54 Å². The topological polar surface area (TPSA) is 56.7 Å². The molecule has 0 aliphatic rings. The number of benzene rings is 1. The molecule has 2 rings (SSSR count). The van der Waals surface area contributed by atoms with Crippen molar-refractivity contribution < 1.29 is 8.78 Å². The van der Waals surface area contributed by atoms with Crippen molar-refractivity contribution >= 4 is 0 Å². The van der Waals surface area contributed by atoms with Gasteiger partial charge in [0, 0.05) is 12.1 Å². The lowest BCUT2D eigenvalue weighted by molar-refractivity contribution is 0.572. The fourth-order valence-corrected chi connectivity index (χ4v) is 1.49. The summed E-state index contributed by atoms with van der Waals surface area (Å²) >= 11 is 0. The van der Waals surface area contributed by atoms with Crippen molar-refractivity contribution in [1.29, 1.82) is 0 Å². The Bertz CT molecular complexity index is 502. The van der Waals surface area contributed by atoms with Crippen LogP contribution >= 0.6 is 0 Å².